The summed E-state index contributed by atoms with van der Waals surface area (Å²) in [6.07, 6.45) is 1.14. The number of hydrogen-bond donors (Lipinski definition) is 2. The van der Waals surface area contributed by atoms with E-state index in [1.54, 1.807) is 12.1 Å². The maximum atomic E-state index is 12.6. The van der Waals surface area contributed by atoms with Crippen molar-refractivity contribution in [1.29, 1.82) is 0 Å². The number of sulfonamides is 1. The summed E-state index contributed by atoms with van der Waals surface area (Å²) in [5.41, 5.74) is 2.05. The van der Waals surface area contributed by atoms with E-state index in [0.717, 1.165) is 24.2 Å². The standard InChI is InChI=1S/C13H17N3O3S/c17-13-4-7-16(8-6-15-13)20(18,19)11-2-1-10-3-5-14-12(10)9-11/h1-2,9,14H,3-8H2,(H,15,17). The van der Waals surface area contributed by atoms with Crippen LogP contribution < -0.4 is 10.6 Å². The van der Waals surface area contributed by atoms with Gasteiger partial charge >= 0.3 is 0 Å². The lowest BCUT2D eigenvalue weighted by molar-refractivity contribution is -0.120. The first-order valence-corrected chi connectivity index (χ1v) is 8.15. The maximum Gasteiger partial charge on any atom is 0.243 e. The smallest absolute Gasteiger partial charge is 0.243 e. The number of fused-ring (bicyclic) bond motifs is 1. The van der Waals surface area contributed by atoms with Gasteiger partial charge in [-0.2, -0.15) is 4.31 Å². The number of anilines is 1. The Morgan fingerprint density at radius 3 is 2.75 bits per heavy atom. The Balaban J connectivity index is 1.89. The van der Waals surface area contributed by atoms with Crippen LogP contribution >= 0.6 is 0 Å². The van der Waals surface area contributed by atoms with Gasteiger partial charge in [0, 0.05) is 38.3 Å². The van der Waals surface area contributed by atoms with Crippen LogP contribution in [0.3, 0.4) is 0 Å². The van der Waals surface area contributed by atoms with E-state index in [1.807, 2.05) is 6.07 Å². The zero-order valence-corrected chi connectivity index (χ0v) is 11.9. The van der Waals surface area contributed by atoms with Crippen LogP contribution in [0.1, 0.15) is 12.0 Å². The van der Waals surface area contributed by atoms with E-state index in [-0.39, 0.29) is 18.9 Å². The second kappa shape index (κ2) is 5.06. The van der Waals surface area contributed by atoms with Gasteiger partial charge in [-0.15, -0.1) is 0 Å². The van der Waals surface area contributed by atoms with Crippen molar-refractivity contribution in [2.45, 2.75) is 17.7 Å². The molecule has 0 bridgehead atoms. The van der Waals surface area contributed by atoms with Gasteiger partial charge in [0.05, 0.1) is 4.90 Å². The first-order valence-electron chi connectivity index (χ1n) is 6.71. The highest BCUT2D eigenvalue weighted by molar-refractivity contribution is 7.89. The van der Waals surface area contributed by atoms with Crippen molar-refractivity contribution in [2.75, 3.05) is 31.5 Å². The predicted molar refractivity (Wildman–Crippen MR) is 75.0 cm³/mol. The Morgan fingerprint density at radius 2 is 1.90 bits per heavy atom. The van der Waals surface area contributed by atoms with Crippen LogP contribution in [0.25, 0.3) is 0 Å². The van der Waals surface area contributed by atoms with E-state index in [1.165, 1.54) is 4.31 Å². The Bertz CT molecular complexity index is 642. The van der Waals surface area contributed by atoms with Gasteiger partial charge in [-0.25, -0.2) is 8.42 Å². The normalized spacial score (nSPS) is 19.9. The number of nitrogens with zero attached hydrogens (tertiary/aromatic N) is 1. The minimum Gasteiger partial charge on any atom is -0.384 e. The molecule has 0 saturated carbocycles. The topological polar surface area (TPSA) is 78.5 Å². The first-order chi connectivity index (χ1) is 9.57. The number of rotatable bonds is 2. The summed E-state index contributed by atoms with van der Waals surface area (Å²) in [5, 5.41) is 5.87. The van der Waals surface area contributed by atoms with Gasteiger partial charge in [0.1, 0.15) is 0 Å². The third-order valence-electron chi connectivity index (χ3n) is 3.70. The fourth-order valence-corrected chi connectivity index (χ4v) is 4.03. The van der Waals surface area contributed by atoms with E-state index in [2.05, 4.69) is 10.6 Å². The van der Waals surface area contributed by atoms with Gasteiger partial charge < -0.3 is 10.6 Å². The minimum absolute atomic E-state index is 0.0988. The van der Waals surface area contributed by atoms with Crippen LogP contribution in [0.2, 0.25) is 0 Å². The summed E-state index contributed by atoms with van der Waals surface area (Å²) in [6.45, 7) is 1.76. The Hall–Kier alpha value is -1.60. The molecular weight excluding hydrogens is 278 g/mol. The second-order valence-electron chi connectivity index (χ2n) is 5.00. The molecule has 0 aliphatic carbocycles. The number of carbonyl (C=O) groups is 1. The lowest BCUT2D eigenvalue weighted by Gasteiger charge is -2.19. The largest absolute Gasteiger partial charge is 0.384 e. The molecule has 0 radical (unpaired) electrons. The second-order valence-corrected chi connectivity index (χ2v) is 6.94. The average Bonchev–Trinajstić information content (AvgIpc) is 2.78. The molecule has 2 heterocycles. The number of carbonyl (C=O) groups excluding carboxylic acids is 1. The molecule has 0 atom stereocenters. The van der Waals surface area contributed by atoms with E-state index >= 15 is 0 Å². The van der Waals surface area contributed by atoms with E-state index < -0.39 is 10.0 Å². The number of benzene rings is 1. The Kier molecular flexibility index (Phi) is 3.39. The van der Waals surface area contributed by atoms with Crippen molar-refractivity contribution in [3.8, 4) is 0 Å². The lowest BCUT2D eigenvalue weighted by Crippen LogP contribution is -2.34. The van der Waals surface area contributed by atoms with Gasteiger partial charge in [-0.05, 0) is 24.1 Å². The quantitative estimate of drug-likeness (QED) is 0.815. The Morgan fingerprint density at radius 1 is 1.05 bits per heavy atom. The summed E-state index contributed by atoms with van der Waals surface area (Å²) in [7, 11) is -3.53. The zero-order valence-electron chi connectivity index (χ0n) is 11.1. The van der Waals surface area contributed by atoms with Gasteiger partial charge in [-0.3, -0.25) is 4.79 Å². The predicted octanol–water partition coefficient (Wildman–Crippen LogP) is 0.165. The van der Waals surface area contributed by atoms with Crippen LogP contribution in [0, 0.1) is 0 Å². The fraction of sp³-hybridized carbons (Fsp3) is 0.462. The molecule has 1 fully saturated rings. The van der Waals surface area contributed by atoms with Crippen LogP contribution in [-0.4, -0.2) is 44.8 Å². The van der Waals surface area contributed by atoms with Crippen LogP contribution in [0.15, 0.2) is 23.1 Å². The van der Waals surface area contributed by atoms with E-state index in [0.29, 0.717) is 18.0 Å². The van der Waals surface area contributed by atoms with Gasteiger partial charge in [0.25, 0.3) is 0 Å². The number of hydrogen-bond acceptors (Lipinski definition) is 4. The van der Waals surface area contributed by atoms with Crippen molar-refractivity contribution in [3.63, 3.8) is 0 Å². The van der Waals surface area contributed by atoms with Crippen LogP contribution in [-0.2, 0) is 21.2 Å². The molecule has 1 amide bonds. The summed E-state index contributed by atoms with van der Waals surface area (Å²) < 4.78 is 26.6. The molecule has 0 unspecified atom stereocenters. The molecule has 3 rings (SSSR count). The van der Waals surface area contributed by atoms with Crippen molar-refractivity contribution < 1.29 is 13.2 Å². The highest BCUT2D eigenvalue weighted by Crippen LogP contribution is 2.27. The monoisotopic (exact) mass is 295 g/mol. The molecule has 2 N–H and O–H groups in total. The fourth-order valence-electron chi connectivity index (χ4n) is 2.57. The zero-order chi connectivity index (χ0) is 14.2. The van der Waals surface area contributed by atoms with Gasteiger partial charge in [0.2, 0.25) is 15.9 Å². The minimum atomic E-state index is -3.53. The summed E-state index contributed by atoms with van der Waals surface area (Å²) in [4.78, 5) is 11.6. The van der Waals surface area contributed by atoms with E-state index in [4.69, 9.17) is 0 Å². The van der Waals surface area contributed by atoms with Gasteiger partial charge in [0.15, 0.2) is 0 Å². The van der Waals surface area contributed by atoms with Crippen molar-refractivity contribution >= 4 is 21.6 Å². The molecule has 2 aliphatic rings. The third kappa shape index (κ3) is 2.38. The molecule has 108 valence electrons. The summed E-state index contributed by atoms with van der Waals surface area (Å²) in [5.74, 6) is -0.0988. The molecule has 7 heteroatoms. The average molecular weight is 295 g/mol. The molecule has 20 heavy (non-hydrogen) atoms. The molecule has 1 aromatic rings. The SMILES string of the molecule is O=C1CCN(S(=O)(=O)c2ccc3c(c2)NCC3)CCN1. The molecule has 0 spiro atoms. The molecular formula is C13H17N3O3S. The third-order valence-corrected chi connectivity index (χ3v) is 5.60. The molecule has 6 nitrogen and oxygen atoms in total. The molecule has 1 aromatic carbocycles. The highest BCUT2D eigenvalue weighted by Gasteiger charge is 2.27. The first kappa shape index (κ1) is 13.4. The number of amides is 1. The number of nitrogens with one attached hydrogen (secondary N) is 2. The highest BCUT2D eigenvalue weighted by atomic mass is 32.2. The summed E-state index contributed by atoms with van der Waals surface area (Å²) in [6, 6.07) is 5.21. The molecule has 1 saturated heterocycles. The van der Waals surface area contributed by atoms with Crippen molar-refractivity contribution in [2.24, 2.45) is 0 Å². The summed E-state index contributed by atoms with van der Waals surface area (Å²) >= 11 is 0. The lowest BCUT2D eigenvalue weighted by atomic mass is 10.2. The van der Waals surface area contributed by atoms with E-state index in [9.17, 15) is 13.2 Å². The van der Waals surface area contributed by atoms with Crippen molar-refractivity contribution in [1.82, 2.24) is 9.62 Å². The maximum absolute atomic E-state index is 12.6. The molecule has 2 aliphatic heterocycles. The Labute approximate surface area is 118 Å². The van der Waals surface area contributed by atoms with Gasteiger partial charge in [-0.1, -0.05) is 6.07 Å². The molecule has 0 aromatic heterocycles. The van der Waals surface area contributed by atoms with Crippen LogP contribution in [0.4, 0.5) is 5.69 Å². The van der Waals surface area contributed by atoms with Crippen LogP contribution in [0.5, 0.6) is 0 Å². The van der Waals surface area contributed by atoms with Crippen molar-refractivity contribution in [3.05, 3.63) is 23.8 Å².